The van der Waals surface area contributed by atoms with Gasteiger partial charge >= 0.3 is 0 Å². The maximum absolute atomic E-state index is 13.6. The fourth-order valence-corrected chi connectivity index (χ4v) is 2.18. The molecule has 1 N–H and O–H groups in total. The molecule has 5 heteroatoms. The summed E-state index contributed by atoms with van der Waals surface area (Å²) in [5.74, 6) is -0.240. The third kappa shape index (κ3) is 3.33. The van der Waals surface area contributed by atoms with Gasteiger partial charge in [0.05, 0.1) is 18.6 Å². The molecule has 3 rings (SSSR count). The van der Waals surface area contributed by atoms with Gasteiger partial charge in [-0.15, -0.1) is 0 Å². The first-order chi connectivity index (χ1) is 9.20. The van der Waals surface area contributed by atoms with E-state index in [0.717, 1.165) is 12.2 Å². The number of benzene rings is 1. The van der Waals surface area contributed by atoms with Gasteiger partial charge in [0.25, 0.3) is 0 Å². The third-order valence-corrected chi connectivity index (χ3v) is 3.43. The largest absolute Gasteiger partial charge is 0.333 e. The van der Waals surface area contributed by atoms with E-state index in [1.165, 1.54) is 18.9 Å². The summed E-state index contributed by atoms with van der Waals surface area (Å²) in [5, 5.41) is 3.95. The summed E-state index contributed by atoms with van der Waals surface area (Å²) in [4.78, 5) is 4.31. The number of nitrogens with zero attached hydrogens (tertiary/aromatic N) is 2. The maximum Gasteiger partial charge on any atom is 0.128 e. The van der Waals surface area contributed by atoms with E-state index in [1.807, 2.05) is 10.8 Å². The molecule has 1 aromatic heterocycles. The molecule has 1 saturated carbocycles. The van der Waals surface area contributed by atoms with Crippen LogP contribution in [0.15, 0.2) is 30.7 Å². The van der Waals surface area contributed by atoms with Gasteiger partial charge in [0.2, 0.25) is 0 Å². The number of aromatic nitrogens is 2. The molecular formula is C14H15ClFN3. The lowest BCUT2D eigenvalue weighted by molar-refractivity contribution is 0.599. The lowest BCUT2D eigenvalue weighted by Crippen LogP contribution is -2.15. The van der Waals surface area contributed by atoms with Crippen LogP contribution < -0.4 is 5.32 Å². The SMILES string of the molecule is Fc1ccc(Cl)cc1Cn1cnc(CNC2CC2)c1. The van der Waals surface area contributed by atoms with Gasteiger partial charge in [-0.25, -0.2) is 9.37 Å². The summed E-state index contributed by atoms with van der Waals surface area (Å²) < 4.78 is 15.5. The predicted molar refractivity (Wildman–Crippen MR) is 72.6 cm³/mol. The average Bonchev–Trinajstić information content (AvgIpc) is 3.12. The quantitative estimate of drug-likeness (QED) is 0.912. The van der Waals surface area contributed by atoms with Gasteiger partial charge in [0.15, 0.2) is 0 Å². The molecule has 0 unspecified atom stereocenters. The third-order valence-electron chi connectivity index (χ3n) is 3.20. The zero-order chi connectivity index (χ0) is 13.2. The molecule has 100 valence electrons. The summed E-state index contributed by atoms with van der Waals surface area (Å²) in [7, 11) is 0. The molecule has 0 atom stereocenters. The highest BCUT2D eigenvalue weighted by molar-refractivity contribution is 6.30. The molecule has 2 aromatic rings. The monoisotopic (exact) mass is 279 g/mol. The maximum atomic E-state index is 13.6. The van der Waals surface area contributed by atoms with Gasteiger partial charge in [-0.1, -0.05) is 11.6 Å². The van der Waals surface area contributed by atoms with E-state index in [2.05, 4.69) is 10.3 Å². The van der Waals surface area contributed by atoms with E-state index >= 15 is 0 Å². The smallest absolute Gasteiger partial charge is 0.128 e. The summed E-state index contributed by atoms with van der Waals surface area (Å²) in [6.07, 6.45) is 6.18. The second-order valence-electron chi connectivity index (χ2n) is 4.93. The number of hydrogen-bond acceptors (Lipinski definition) is 2. The fourth-order valence-electron chi connectivity index (χ4n) is 1.98. The Morgan fingerprint density at radius 3 is 3.05 bits per heavy atom. The molecule has 1 fully saturated rings. The first-order valence-electron chi connectivity index (χ1n) is 6.38. The van der Waals surface area contributed by atoms with E-state index < -0.39 is 0 Å². The second-order valence-corrected chi connectivity index (χ2v) is 5.36. The van der Waals surface area contributed by atoms with Crippen molar-refractivity contribution < 1.29 is 4.39 Å². The molecule has 1 aromatic carbocycles. The van der Waals surface area contributed by atoms with Crippen LogP contribution in [0, 0.1) is 5.82 Å². The lowest BCUT2D eigenvalue weighted by atomic mass is 10.2. The molecule has 0 spiro atoms. The van der Waals surface area contributed by atoms with Crippen molar-refractivity contribution in [3.8, 4) is 0 Å². The summed E-state index contributed by atoms with van der Waals surface area (Å²) in [6, 6.07) is 5.26. The Morgan fingerprint density at radius 1 is 1.42 bits per heavy atom. The Hall–Kier alpha value is -1.39. The second kappa shape index (κ2) is 5.31. The summed E-state index contributed by atoms with van der Waals surface area (Å²) in [6.45, 7) is 1.22. The van der Waals surface area contributed by atoms with E-state index in [1.54, 1.807) is 18.5 Å². The van der Waals surface area contributed by atoms with Gasteiger partial charge in [-0.3, -0.25) is 0 Å². The minimum atomic E-state index is -0.240. The molecule has 0 saturated heterocycles. The Bertz CT molecular complexity index is 578. The predicted octanol–water partition coefficient (Wildman–Crippen LogP) is 2.98. The van der Waals surface area contributed by atoms with Gasteiger partial charge in [-0.05, 0) is 31.0 Å². The highest BCUT2D eigenvalue weighted by Crippen LogP contribution is 2.19. The van der Waals surface area contributed by atoms with Gasteiger partial charge in [0, 0.05) is 29.4 Å². The highest BCUT2D eigenvalue weighted by atomic mass is 35.5. The molecule has 0 amide bonds. The van der Waals surface area contributed by atoms with Crippen LogP contribution in [-0.2, 0) is 13.1 Å². The van der Waals surface area contributed by atoms with Gasteiger partial charge in [-0.2, -0.15) is 0 Å². The zero-order valence-corrected chi connectivity index (χ0v) is 11.2. The number of halogens is 2. The number of rotatable bonds is 5. The van der Waals surface area contributed by atoms with Crippen molar-refractivity contribution in [2.24, 2.45) is 0 Å². The van der Waals surface area contributed by atoms with Crippen molar-refractivity contribution in [3.05, 3.63) is 52.8 Å². The first kappa shape index (κ1) is 12.6. The average molecular weight is 280 g/mol. The molecular weight excluding hydrogens is 265 g/mol. The Labute approximate surface area is 116 Å². The molecule has 19 heavy (non-hydrogen) atoms. The van der Waals surface area contributed by atoms with Crippen LogP contribution in [0.25, 0.3) is 0 Å². The van der Waals surface area contributed by atoms with Crippen molar-refractivity contribution in [1.29, 1.82) is 0 Å². The Morgan fingerprint density at radius 2 is 2.26 bits per heavy atom. The van der Waals surface area contributed by atoms with Crippen LogP contribution in [0.1, 0.15) is 24.1 Å². The topological polar surface area (TPSA) is 29.9 Å². The molecule has 3 nitrogen and oxygen atoms in total. The molecule has 0 bridgehead atoms. The van der Waals surface area contributed by atoms with E-state index in [-0.39, 0.29) is 5.82 Å². The van der Waals surface area contributed by atoms with Gasteiger partial charge < -0.3 is 9.88 Å². The lowest BCUT2D eigenvalue weighted by Gasteiger charge is -2.04. The fraction of sp³-hybridized carbons (Fsp3) is 0.357. The molecule has 1 aliphatic rings. The van der Waals surface area contributed by atoms with Crippen LogP contribution >= 0.6 is 11.6 Å². The molecule has 1 heterocycles. The van der Waals surface area contributed by atoms with Crippen molar-refractivity contribution in [3.63, 3.8) is 0 Å². The molecule has 0 radical (unpaired) electrons. The van der Waals surface area contributed by atoms with E-state index in [4.69, 9.17) is 11.6 Å². The van der Waals surface area contributed by atoms with Crippen LogP contribution in [0.5, 0.6) is 0 Å². The molecule has 0 aliphatic heterocycles. The number of imidazole rings is 1. The number of nitrogens with one attached hydrogen (secondary N) is 1. The van der Waals surface area contributed by atoms with Crippen molar-refractivity contribution >= 4 is 11.6 Å². The standard InChI is InChI=1S/C14H15ClFN3/c15-11-1-4-14(16)10(5-11)7-19-8-13(18-9-19)6-17-12-2-3-12/h1,4-5,8-9,12,17H,2-3,6-7H2. The van der Waals surface area contributed by atoms with E-state index in [9.17, 15) is 4.39 Å². The van der Waals surface area contributed by atoms with Gasteiger partial charge in [0.1, 0.15) is 5.82 Å². The summed E-state index contributed by atoms with van der Waals surface area (Å²) >= 11 is 5.88. The van der Waals surface area contributed by atoms with Crippen molar-refractivity contribution in [1.82, 2.24) is 14.9 Å². The van der Waals surface area contributed by atoms with Crippen LogP contribution in [0.4, 0.5) is 4.39 Å². The first-order valence-corrected chi connectivity index (χ1v) is 6.76. The van der Waals surface area contributed by atoms with Crippen molar-refractivity contribution in [2.75, 3.05) is 0 Å². The Kier molecular flexibility index (Phi) is 3.53. The Balaban J connectivity index is 1.66. The zero-order valence-electron chi connectivity index (χ0n) is 10.4. The summed E-state index contributed by atoms with van der Waals surface area (Å²) in [5.41, 5.74) is 1.56. The normalized spacial score (nSPS) is 14.8. The minimum Gasteiger partial charge on any atom is -0.333 e. The van der Waals surface area contributed by atoms with Crippen molar-refractivity contribution in [2.45, 2.75) is 32.0 Å². The highest BCUT2D eigenvalue weighted by Gasteiger charge is 2.20. The van der Waals surface area contributed by atoms with Crippen LogP contribution in [0.2, 0.25) is 5.02 Å². The van der Waals surface area contributed by atoms with E-state index in [0.29, 0.717) is 23.2 Å². The van der Waals surface area contributed by atoms with Crippen LogP contribution in [0.3, 0.4) is 0 Å². The molecule has 1 aliphatic carbocycles. The minimum absolute atomic E-state index is 0.240. The van der Waals surface area contributed by atoms with Crippen LogP contribution in [-0.4, -0.2) is 15.6 Å². The number of hydrogen-bond donors (Lipinski definition) is 1.